The lowest BCUT2D eigenvalue weighted by Gasteiger charge is -2.38. The molecule has 0 spiro atoms. The van der Waals surface area contributed by atoms with Crippen molar-refractivity contribution in [2.75, 3.05) is 36.9 Å². The van der Waals surface area contributed by atoms with Gasteiger partial charge in [0.2, 0.25) is 10.0 Å². The largest absolute Gasteiger partial charge is 0.381 e. The third-order valence-corrected chi connectivity index (χ3v) is 7.25. The van der Waals surface area contributed by atoms with Crippen LogP contribution in [0.5, 0.6) is 0 Å². The Morgan fingerprint density at radius 1 is 1.20 bits per heavy atom. The average Bonchev–Trinajstić information content (AvgIpc) is 3.16. The fourth-order valence-electron chi connectivity index (χ4n) is 4.36. The lowest BCUT2D eigenvalue weighted by molar-refractivity contribution is 0.0486. The van der Waals surface area contributed by atoms with E-state index < -0.39 is 10.0 Å². The van der Waals surface area contributed by atoms with Crippen molar-refractivity contribution in [1.82, 2.24) is 5.32 Å². The number of carbonyl (C=O) groups excluding carboxylic acids is 1. The summed E-state index contributed by atoms with van der Waals surface area (Å²) in [6.45, 7) is 1.90. The first kappa shape index (κ1) is 20.8. The Labute approximate surface area is 176 Å². The molecule has 0 atom stereocenters. The highest BCUT2D eigenvalue weighted by Gasteiger charge is 2.35. The van der Waals surface area contributed by atoms with E-state index in [0.717, 1.165) is 11.1 Å². The lowest BCUT2D eigenvalue weighted by atomic mass is 9.74. The molecule has 30 heavy (non-hydrogen) atoms. The summed E-state index contributed by atoms with van der Waals surface area (Å²) in [5, 5.41) is 3.01. The number of hydrogen-bond acceptors (Lipinski definition) is 4. The second-order valence-corrected chi connectivity index (χ2v) is 9.92. The third kappa shape index (κ3) is 4.06. The molecule has 4 rings (SSSR count). The van der Waals surface area contributed by atoms with Gasteiger partial charge < -0.3 is 10.1 Å². The highest BCUT2D eigenvalue weighted by molar-refractivity contribution is 7.92. The van der Waals surface area contributed by atoms with Crippen LogP contribution in [0.25, 0.3) is 0 Å². The molecule has 0 aromatic heterocycles. The molecule has 6 nitrogen and oxygen atoms in total. The minimum Gasteiger partial charge on any atom is -0.381 e. The van der Waals surface area contributed by atoms with Gasteiger partial charge in [0.1, 0.15) is 5.82 Å². The summed E-state index contributed by atoms with van der Waals surface area (Å²) < 4.78 is 44.5. The number of anilines is 1. The van der Waals surface area contributed by atoms with Crippen molar-refractivity contribution < 1.29 is 22.3 Å². The van der Waals surface area contributed by atoms with E-state index in [1.807, 2.05) is 6.07 Å². The zero-order valence-corrected chi connectivity index (χ0v) is 17.7. The summed E-state index contributed by atoms with van der Waals surface area (Å²) in [5.41, 5.74) is 2.46. The third-order valence-electron chi connectivity index (χ3n) is 6.07. The van der Waals surface area contributed by atoms with Crippen LogP contribution < -0.4 is 9.62 Å². The van der Waals surface area contributed by atoms with Crippen LogP contribution in [-0.2, 0) is 26.6 Å². The number of halogens is 1. The number of carbonyl (C=O) groups is 1. The Kier molecular flexibility index (Phi) is 5.55. The number of benzene rings is 2. The molecule has 2 aromatic rings. The Hall–Kier alpha value is -2.45. The fraction of sp³-hybridized carbons (Fsp3) is 0.409. The van der Waals surface area contributed by atoms with Crippen LogP contribution in [0.3, 0.4) is 0 Å². The summed E-state index contributed by atoms with van der Waals surface area (Å²) in [5.74, 6) is -0.517. The van der Waals surface area contributed by atoms with E-state index in [1.54, 1.807) is 24.3 Å². The summed E-state index contributed by atoms with van der Waals surface area (Å²) in [6, 6.07) is 11.6. The molecule has 2 heterocycles. The normalized spacial score (nSPS) is 18.1. The number of rotatable bonds is 5. The number of nitrogens with one attached hydrogen (secondary N) is 1. The van der Waals surface area contributed by atoms with E-state index >= 15 is 0 Å². The smallest absolute Gasteiger partial charge is 0.251 e. The van der Waals surface area contributed by atoms with E-state index in [4.69, 9.17) is 4.74 Å². The minimum absolute atomic E-state index is 0.224. The van der Waals surface area contributed by atoms with Gasteiger partial charge in [-0.2, -0.15) is 0 Å². The molecular weight excluding hydrogens is 407 g/mol. The Morgan fingerprint density at radius 2 is 1.97 bits per heavy atom. The molecule has 0 unspecified atom stereocenters. The summed E-state index contributed by atoms with van der Waals surface area (Å²) in [6.07, 6.45) is 3.16. The quantitative estimate of drug-likeness (QED) is 0.788. The van der Waals surface area contributed by atoms with Gasteiger partial charge in [-0.25, -0.2) is 12.8 Å². The first-order valence-electron chi connectivity index (χ1n) is 10.0. The molecule has 160 valence electrons. The van der Waals surface area contributed by atoms with Gasteiger partial charge in [0.05, 0.1) is 11.9 Å². The van der Waals surface area contributed by atoms with Gasteiger partial charge >= 0.3 is 0 Å². The van der Waals surface area contributed by atoms with Crippen molar-refractivity contribution in [3.8, 4) is 0 Å². The predicted octanol–water partition coefficient (Wildman–Crippen LogP) is 2.63. The maximum absolute atomic E-state index is 13.8. The molecule has 2 aromatic carbocycles. The molecule has 1 N–H and O–H groups in total. The second-order valence-electron chi connectivity index (χ2n) is 8.01. The van der Waals surface area contributed by atoms with E-state index in [9.17, 15) is 17.6 Å². The van der Waals surface area contributed by atoms with Crippen LogP contribution in [0.1, 0.15) is 34.3 Å². The van der Waals surface area contributed by atoms with E-state index in [2.05, 4.69) is 5.32 Å². The van der Waals surface area contributed by atoms with Gasteiger partial charge in [-0.1, -0.05) is 12.1 Å². The van der Waals surface area contributed by atoms with Crippen molar-refractivity contribution in [2.24, 2.45) is 0 Å². The van der Waals surface area contributed by atoms with Crippen LogP contribution in [0.15, 0.2) is 42.5 Å². The summed E-state index contributed by atoms with van der Waals surface area (Å²) >= 11 is 0. The highest BCUT2D eigenvalue weighted by atomic mass is 32.2. The SMILES string of the molecule is CS(=O)(=O)N1CCc2cc(C(=O)NCC3(c4cccc(F)c4)CCOCC3)ccc21. The average molecular weight is 433 g/mol. The van der Waals surface area contributed by atoms with Gasteiger partial charge in [0.25, 0.3) is 5.91 Å². The van der Waals surface area contributed by atoms with Crippen LogP contribution >= 0.6 is 0 Å². The summed E-state index contributed by atoms with van der Waals surface area (Å²) in [4.78, 5) is 12.9. The van der Waals surface area contributed by atoms with Crippen LogP contribution in [-0.4, -0.2) is 46.9 Å². The van der Waals surface area contributed by atoms with Gasteiger partial charge in [-0.05, 0) is 60.7 Å². The van der Waals surface area contributed by atoms with E-state index in [0.29, 0.717) is 56.8 Å². The monoisotopic (exact) mass is 432 g/mol. The van der Waals surface area contributed by atoms with Crippen LogP contribution in [0.2, 0.25) is 0 Å². The Balaban J connectivity index is 1.52. The Morgan fingerprint density at radius 3 is 2.67 bits per heavy atom. The molecule has 2 aliphatic heterocycles. The molecule has 0 bridgehead atoms. The van der Waals surface area contributed by atoms with Crippen molar-refractivity contribution in [2.45, 2.75) is 24.7 Å². The van der Waals surface area contributed by atoms with Gasteiger partial charge in [0.15, 0.2) is 0 Å². The fourth-order valence-corrected chi connectivity index (χ4v) is 5.32. The zero-order valence-electron chi connectivity index (χ0n) is 16.9. The van der Waals surface area contributed by atoms with Crippen LogP contribution in [0.4, 0.5) is 10.1 Å². The van der Waals surface area contributed by atoms with Crippen molar-refractivity contribution in [3.05, 3.63) is 65.0 Å². The number of nitrogens with zero attached hydrogens (tertiary/aromatic N) is 1. The van der Waals surface area contributed by atoms with E-state index in [1.165, 1.54) is 22.7 Å². The predicted molar refractivity (Wildman–Crippen MR) is 113 cm³/mol. The summed E-state index contributed by atoms with van der Waals surface area (Å²) in [7, 11) is -3.33. The highest BCUT2D eigenvalue weighted by Crippen LogP contribution is 2.35. The first-order valence-corrected chi connectivity index (χ1v) is 11.9. The molecule has 1 saturated heterocycles. The molecule has 2 aliphatic rings. The molecule has 8 heteroatoms. The van der Waals surface area contributed by atoms with E-state index in [-0.39, 0.29) is 17.1 Å². The Bertz CT molecular complexity index is 1060. The molecule has 0 saturated carbocycles. The zero-order chi connectivity index (χ0) is 21.4. The van der Waals surface area contributed by atoms with Crippen molar-refractivity contribution in [3.63, 3.8) is 0 Å². The van der Waals surface area contributed by atoms with Crippen LogP contribution in [0, 0.1) is 5.82 Å². The first-order chi connectivity index (χ1) is 14.3. The molecule has 1 fully saturated rings. The number of sulfonamides is 1. The van der Waals surface area contributed by atoms with Gasteiger partial charge in [0, 0.05) is 37.3 Å². The number of ether oxygens (including phenoxy) is 1. The molecule has 1 amide bonds. The molecule has 0 radical (unpaired) electrons. The van der Waals surface area contributed by atoms with Gasteiger partial charge in [-0.3, -0.25) is 9.10 Å². The van der Waals surface area contributed by atoms with Gasteiger partial charge in [-0.15, -0.1) is 0 Å². The maximum Gasteiger partial charge on any atom is 0.251 e. The molecule has 0 aliphatic carbocycles. The number of amides is 1. The standard InChI is InChI=1S/C22H25FN2O4S/c1-30(27,28)25-10-7-16-13-17(5-6-20(16)25)21(26)24-15-22(8-11-29-12-9-22)18-3-2-4-19(23)14-18/h2-6,13-14H,7-12,15H2,1H3,(H,24,26). The second kappa shape index (κ2) is 8.00. The van der Waals surface area contributed by atoms with Crippen molar-refractivity contribution in [1.29, 1.82) is 0 Å². The van der Waals surface area contributed by atoms with Crippen molar-refractivity contribution >= 4 is 21.6 Å². The molecular formula is C22H25FN2O4S. The number of fused-ring (bicyclic) bond motifs is 1. The lowest BCUT2D eigenvalue weighted by Crippen LogP contribution is -2.44. The minimum atomic E-state index is -3.33. The number of hydrogen-bond donors (Lipinski definition) is 1. The maximum atomic E-state index is 13.8. The topological polar surface area (TPSA) is 75.7 Å².